The lowest BCUT2D eigenvalue weighted by Gasteiger charge is -2.34. The van der Waals surface area contributed by atoms with E-state index in [9.17, 15) is 0 Å². The van der Waals surface area contributed by atoms with Gasteiger partial charge in [0.15, 0.2) is 0 Å². The lowest BCUT2D eigenvalue weighted by atomic mass is 9.33. The molecule has 2 aliphatic heterocycles. The summed E-state index contributed by atoms with van der Waals surface area (Å²) >= 11 is 0. The number of para-hydroxylation sites is 1. The Hall–Kier alpha value is -6.32. The summed E-state index contributed by atoms with van der Waals surface area (Å²) in [6, 6.07) is 61.0. The molecule has 0 saturated heterocycles. The summed E-state index contributed by atoms with van der Waals surface area (Å²) in [6.07, 6.45) is 0. The Labute approximate surface area is 283 Å². The first-order chi connectivity index (χ1) is 24.4. The fourth-order valence-electron chi connectivity index (χ4n) is 9.47. The van der Waals surface area contributed by atoms with Crippen LogP contribution in [0, 0.1) is 0 Å². The van der Waals surface area contributed by atoms with Gasteiger partial charge in [0, 0.05) is 38.6 Å². The van der Waals surface area contributed by atoms with Gasteiger partial charge in [-0.05, 0) is 73.3 Å². The molecule has 3 heteroatoms. The Morgan fingerprint density at radius 1 is 0.408 bits per heavy atom. The third-order valence-electron chi connectivity index (χ3n) is 11.3. The smallest absolute Gasteiger partial charge is 0.253 e. The van der Waals surface area contributed by atoms with Crippen LogP contribution in [-0.2, 0) is 0 Å². The molecule has 0 unspecified atom stereocenters. The Morgan fingerprint density at radius 3 is 1.88 bits per heavy atom. The normalized spacial score (nSPS) is 12.9. The lowest BCUT2D eigenvalue weighted by molar-refractivity contribution is 1.12. The van der Waals surface area contributed by atoms with E-state index >= 15 is 0 Å². The van der Waals surface area contributed by atoms with Gasteiger partial charge in [0.2, 0.25) is 0 Å². The van der Waals surface area contributed by atoms with Crippen LogP contribution in [0.25, 0.3) is 88.0 Å². The molecule has 0 bridgehead atoms. The maximum Gasteiger partial charge on any atom is 0.253 e. The second-order valence-electron chi connectivity index (χ2n) is 13.6. The molecule has 0 atom stereocenters. The van der Waals surface area contributed by atoms with E-state index in [1.165, 1.54) is 104 Å². The van der Waals surface area contributed by atoms with Gasteiger partial charge in [-0.2, -0.15) is 0 Å². The van der Waals surface area contributed by atoms with Crippen LogP contribution in [0.15, 0.2) is 164 Å². The van der Waals surface area contributed by atoms with Crippen LogP contribution in [-0.4, -0.2) is 15.8 Å². The van der Waals surface area contributed by atoms with Crippen molar-refractivity contribution in [3.63, 3.8) is 0 Å². The number of hydrogen-bond acceptors (Lipinski definition) is 0. The van der Waals surface area contributed by atoms with E-state index in [4.69, 9.17) is 0 Å². The van der Waals surface area contributed by atoms with Gasteiger partial charge < -0.3 is 9.13 Å². The van der Waals surface area contributed by atoms with Crippen molar-refractivity contribution < 1.29 is 0 Å². The standard InChI is InChI=1S/C46H27BN2/c1-3-14-29(15-4-1)40-35-27-31-18-8-10-20-33(31)42-46(35)49(44(40)30-16-5-2-6-17-30)39-24-12-23-38-43(39)47(42)36-22-11-21-34-41-32-19-9-7-13-28(32)25-26-37(41)48(38)45(34)36/h1-27H. The summed E-state index contributed by atoms with van der Waals surface area (Å²) < 4.78 is 5.18. The predicted octanol–water partition coefficient (Wildman–Crippen LogP) is 9.51. The summed E-state index contributed by atoms with van der Waals surface area (Å²) in [5.74, 6) is 0. The molecule has 224 valence electrons. The van der Waals surface area contributed by atoms with Crippen molar-refractivity contribution in [1.29, 1.82) is 0 Å². The van der Waals surface area contributed by atoms with E-state index < -0.39 is 0 Å². The second-order valence-corrected chi connectivity index (χ2v) is 13.6. The van der Waals surface area contributed by atoms with Crippen LogP contribution in [0.2, 0.25) is 0 Å². The number of benzene rings is 8. The largest absolute Gasteiger partial charge is 0.310 e. The molecule has 10 aromatic rings. The summed E-state index contributed by atoms with van der Waals surface area (Å²) in [7, 11) is 0. The van der Waals surface area contributed by atoms with Crippen LogP contribution in [0.5, 0.6) is 0 Å². The van der Waals surface area contributed by atoms with Gasteiger partial charge in [0.05, 0.1) is 16.7 Å². The Morgan fingerprint density at radius 2 is 1.06 bits per heavy atom. The van der Waals surface area contributed by atoms with Crippen LogP contribution >= 0.6 is 0 Å². The minimum absolute atomic E-state index is 0.0845. The molecule has 2 aromatic heterocycles. The quantitative estimate of drug-likeness (QED) is 0.171. The van der Waals surface area contributed by atoms with Crippen LogP contribution < -0.4 is 16.4 Å². The third kappa shape index (κ3) is 3.14. The van der Waals surface area contributed by atoms with Gasteiger partial charge in [-0.3, -0.25) is 0 Å². The number of nitrogens with zero attached hydrogens (tertiary/aromatic N) is 2. The van der Waals surface area contributed by atoms with Crippen LogP contribution in [0.1, 0.15) is 0 Å². The second kappa shape index (κ2) is 9.18. The molecule has 12 rings (SSSR count). The summed E-state index contributed by atoms with van der Waals surface area (Å²) in [4.78, 5) is 0. The molecule has 4 heterocycles. The van der Waals surface area contributed by atoms with E-state index in [1.54, 1.807) is 0 Å². The highest BCUT2D eigenvalue weighted by Crippen LogP contribution is 2.46. The average Bonchev–Trinajstić information content (AvgIpc) is 3.70. The maximum absolute atomic E-state index is 2.61. The van der Waals surface area contributed by atoms with Gasteiger partial charge in [0.1, 0.15) is 0 Å². The van der Waals surface area contributed by atoms with Crippen molar-refractivity contribution in [3.05, 3.63) is 164 Å². The zero-order valence-corrected chi connectivity index (χ0v) is 26.6. The Kier molecular flexibility index (Phi) is 4.82. The van der Waals surface area contributed by atoms with Crippen molar-refractivity contribution in [2.24, 2.45) is 0 Å². The predicted molar refractivity (Wildman–Crippen MR) is 208 cm³/mol. The number of aromatic nitrogens is 2. The first-order valence-electron chi connectivity index (χ1n) is 17.2. The molecule has 2 aliphatic rings. The van der Waals surface area contributed by atoms with Gasteiger partial charge in [-0.15, -0.1) is 0 Å². The van der Waals surface area contributed by atoms with Gasteiger partial charge >= 0.3 is 0 Å². The SMILES string of the molecule is c1ccc(-c2c(-c3ccccc3)n3c4c(c5ccccc5cc24)B2c4c-3cccc4-n3c4ccc5ccccc5c4c4cccc2c43)cc1. The molecule has 8 aromatic carbocycles. The molecule has 0 N–H and O–H groups in total. The molecule has 0 radical (unpaired) electrons. The minimum Gasteiger partial charge on any atom is -0.310 e. The average molecular weight is 619 g/mol. The van der Waals surface area contributed by atoms with E-state index in [0.29, 0.717) is 0 Å². The number of hydrogen-bond donors (Lipinski definition) is 0. The van der Waals surface area contributed by atoms with Crippen molar-refractivity contribution in [1.82, 2.24) is 9.13 Å². The fourth-order valence-corrected chi connectivity index (χ4v) is 9.47. The minimum atomic E-state index is 0.0845. The first kappa shape index (κ1) is 25.7. The molecule has 2 nitrogen and oxygen atoms in total. The van der Waals surface area contributed by atoms with Gasteiger partial charge in [0.25, 0.3) is 6.71 Å². The number of fused-ring (bicyclic) bond motifs is 11. The highest BCUT2D eigenvalue weighted by atomic mass is 15.0. The molecule has 0 spiro atoms. The van der Waals surface area contributed by atoms with E-state index in [1.807, 2.05) is 0 Å². The Balaban J connectivity index is 1.34. The van der Waals surface area contributed by atoms with E-state index in [0.717, 1.165) is 0 Å². The van der Waals surface area contributed by atoms with Crippen LogP contribution in [0.4, 0.5) is 0 Å². The monoisotopic (exact) mass is 618 g/mol. The summed E-state index contributed by atoms with van der Waals surface area (Å²) in [6.45, 7) is 0.0845. The zero-order valence-electron chi connectivity index (χ0n) is 26.6. The number of rotatable bonds is 2. The van der Waals surface area contributed by atoms with Crippen LogP contribution in [0.3, 0.4) is 0 Å². The molecular formula is C46H27BN2. The van der Waals surface area contributed by atoms with E-state index in [-0.39, 0.29) is 6.71 Å². The van der Waals surface area contributed by atoms with Gasteiger partial charge in [-0.25, -0.2) is 0 Å². The maximum atomic E-state index is 2.61. The third-order valence-corrected chi connectivity index (χ3v) is 11.3. The molecule has 0 fully saturated rings. The molecule has 0 aliphatic carbocycles. The molecular weight excluding hydrogens is 591 g/mol. The molecule has 49 heavy (non-hydrogen) atoms. The van der Waals surface area contributed by atoms with Crippen molar-refractivity contribution in [2.45, 2.75) is 0 Å². The summed E-state index contributed by atoms with van der Waals surface area (Å²) in [5.41, 5.74) is 15.6. The van der Waals surface area contributed by atoms with Crippen molar-refractivity contribution >= 4 is 77.4 Å². The fraction of sp³-hybridized carbons (Fsp3) is 0. The topological polar surface area (TPSA) is 9.86 Å². The highest BCUT2D eigenvalue weighted by molar-refractivity contribution is 7.01. The van der Waals surface area contributed by atoms with E-state index in [2.05, 4.69) is 173 Å². The first-order valence-corrected chi connectivity index (χ1v) is 17.2. The lowest BCUT2D eigenvalue weighted by Crippen LogP contribution is -2.59. The highest BCUT2D eigenvalue weighted by Gasteiger charge is 2.42. The van der Waals surface area contributed by atoms with Gasteiger partial charge in [-0.1, -0.05) is 140 Å². The molecule has 0 amide bonds. The molecule has 0 saturated carbocycles. The zero-order chi connectivity index (χ0) is 31.8. The summed E-state index contributed by atoms with van der Waals surface area (Å²) in [5, 5.41) is 9.16. The van der Waals surface area contributed by atoms with Crippen molar-refractivity contribution in [3.8, 4) is 33.8 Å². The Bertz CT molecular complexity index is 3040. The van der Waals surface area contributed by atoms with Crippen molar-refractivity contribution in [2.75, 3.05) is 0 Å².